The highest BCUT2D eigenvalue weighted by Crippen LogP contribution is 2.18. The average molecular weight is 324 g/mol. The van der Waals surface area contributed by atoms with E-state index >= 15 is 0 Å². The van der Waals surface area contributed by atoms with E-state index in [0.717, 1.165) is 38.5 Å². The number of hydrogen-bond acceptors (Lipinski definition) is 5. The quantitative estimate of drug-likeness (QED) is 0.846. The van der Waals surface area contributed by atoms with Crippen molar-refractivity contribution in [1.82, 2.24) is 14.9 Å². The highest BCUT2D eigenvalue weighted by Gasteiger charge is 2.18. The Hall–Kier alpha value is -2.40. The van der Waals surface area contributed by atoms with E-state index in [0.29, 0.717) is 5.88 Å². The number of methoxy groups -OCH3 is 1. The zero-order valence-electron chi connectivity index (χ0n) is 14.4. The standard InChI is InChI=1S/C19H24N4O/c1-16(12-17-6-4-3-5-7-17)14-22-8-10-23(11-9-22)18-13-19(24-2)21-15-20-18/h3-7,12-13,15H,8-11,14H2,1-2H3. The zero-order chi connectivity index (χ0) is 16.8. The number of piperazine rings is 1. The molecule has 0 amide bonds. The molecule has 0 saturated carbocycles. The van der Waals surface area contributed by atoms with E-state index in [1.54, 1.807) is 13.4 Å². The predicted molar refractivity (Wildman–Crippen MR) is 97.3 cm³/mol. The fourth-order valence-electron chi connectivity index (χ4n) is 2.98. The Bertz CT molecular complexity index is 679. The third-order valence-corrected chi connectivity index (χ3v) is 4.22. The topological polar surface area (TPSA) is 41.5 Å². The lowest BCUT2D eigenvalue weighted by Crippen LogP contribution is -2.47. The van der Waals surface area contributed by atoms with E-state index in [4.69, 9.17) is 4.74 Å². The van der Waals surface area contributed by atoms with Crippen molar-refractivity contribution in [3.05, 3.63) is 53.9 Å². The van der Waals surface area contributed by atoms with Gasteiger partial charge >= 0.3 is 0 Å². The average Bonchev–Trinajstić information content (AvgIpc) is 2.63. The maximum atomic E-state index is 5.18. The SMILES string of the molecule is COc1cc(N2CCN(CC(C)=Cc3ccccc3)CC2)ncn1. The molecule has 2 heterocycles. The number of benzene rings is 1. The van der Waals surface area contributed by atoms with Crippen molar-refractivity contribution in [2.75, 3.05) is 44.7 Å². The first-order chi connectivity index (χ1) is 11.7. The van der Waals surface area contributed by atoms with Gasteiger partial charge in [0.05, 0.1) is 7.11 Å². The van der Waals surface area contributed by atoms with Crippen LogP contribution in [0.2, 0.25) is 0 Å². The summed E-state index contributed by atoms with van der Waals surface area (Å²) < 4.78 is 5.18. The van der Waals surface area contributed by atoms with Gasteiger partial charge in [0.25, 0.3) is 0 Å². The number of rotatable bonds is 5. The van der Waals surface area contributed by atoms with Crippen LogP contribution in [0.4, 0.5) is 5.82 Å². The largest absolute Gasteiger partial charge is 0.481 e. The molecule has 0 unspecified atom stereocenters. The van der Waals surface area contributed by atoms with Gasteiger partial charge in [-0.3, -0.25) is 4.90 Å². The fourth-order valence-corrected chi connectivity index (χ4v) is 2.98. The molecule has 0 N–H and O–H groups in total. The number of ether oxygens (including phenoxy) is 1. The van der Waals surface area contributed by atoms with Crippen LogP contribution in [0.5, 0.6) is 5.88 Å². The Kier molecular flexibility index (Phi) is 5.43. The van der Waals surface area contributed by atoms with Crippen molar-refractivity contribution in [3.63, 3.8) is 0 Å². The van der Waals surface area contributed by atoms with Gasteiger partial charge in [0, 0.05) is 38.8 Å². The molecule has 1 aliphatic rings. The second-order valence-corrected chi connectivity index (χ2v) is 6.08. The molecule has 1 aliphatic heterocycles. The highest BCUT2D eigenvalue weighted by molar-refractivity contribution is 5.52. The molecule has 1 aromatic carbocycles. The van der Waals surface area contributed by atoms with Gasteiger partial charge in [0.2, 0.25) is 5.88 Å². The number of anilines is 1. The Labute approximate surface area is 143 Å². The maximum Gasteiger partial charge on any atom is 0.218 e. The van der Waals surface area contributed by atoms with Crippen LogP contribution < -0.4 is 9.64 Å². The molecule has 126 valence electrons. The first-order valence-corrected chi connectivity index (χ1v) is 8.30. The third-order valence-electron chi connectivity index (χ3n) is 4.22. The van der Waals surface area contributed by atoms with Crippen molar-refractivity contribution >= 4 is 11.9 Å². The smallest absolute Gasteiger partial charge is 0.218 e. The van der Waals surface area contributed by atoms with Crippen molar-refractivity contribution in [2.45, 2.75) is 6.92 Å². The van der Waals surface area contributed by atoms with Crippen LogP contribution in [0.15, 0.2) is 48.3 Å². The summed E-state index contributed by atoms with van der Waals surface area (Å²) in [5, 5.41) is 0. The first-order valence-electron chi connectivity index (χ1n) is 8.30. The molecule has 1 saturated heterocycles. The van der Waals surface area contributed by atoms with Gasteiger partial charge in [-0.2, -0.15) is 0 Å². The molecular weight excluding hydrogens is 300 g/mol. The molecule has 0 aliphatic carbocycles. The van der Waals surface area contributed by atoms with Gasteiger partial charge in [0.15, 0.2) is 0 Å². The van der Waals surface area contributed by atoms with E-state index in [1.165, 1.54) is 11.1 Å². The summed E-state index contributed by atoms with van der Waals surface area (Å²) in [6, 6.07) is 12.4. The molecule has 24 heavy (non-hydrogen) atoms. The molecule has 2 aromatic rings. The van der Waals surface area contributed by atoms with E-state index < -0.39 is 0 Å². The minimum Gasteiger partial charge on any atom is -0.481 e. The van der Waals surface area contributed by atoms with Crippen LogP contribution in [0.3, 0.4) is 0 Å². The second kappa shape index (κ2) is 7.93. The lowest BCUT2D eigenvalue weighted by Gasteiger charge is -2.35. The number of aromatic nitrogens is 2. The van der Waals surface area contributed by atoms with Gasteiger partial charge in [-0.25, -0.2) is 9.97 Å². The van der Waals surface area contributed by atoms with Crippen molar-refractivity contribution in [1.29, 1.82) is 0 Å². The Balaban J connectivity index is 1.54. The number of nitrogens with zero attached hydrogens (tertiary/aromatic N) is 4. The molecule has 0 atom stereocenters. The summed E-state index contributed by atoms with van der Waals surface area (Å²) >= 11 is 0. The van der Waals surface area contributed by atoms with Crippen molar-refractivity contribution in [2.24, 2.45) is 0 Å². The van der Waals surface area contributed by atoms with Crippen LogP contribution in [0.25, 0.3) is 6.08 Å². The van der Waals surface area contributed by atoms with E-state index in [-0.39, 0.29) is 0 Å². The normalized spacial score (nSPS) is 16.2. The van der Waals surface area contributed by atoms with E-state index in [1.807, 2.05) is 12.1 Å². The molecule has 0 radical (unpaired) electrons. The van der Waals surface area contributed by atoms with Gasteiger partial charge < -0.3 is 9.64 Å². The predicted octanol–water partition coefficient (Wildman–Crippen LogP) is 2.71. The maximum absolute atomic E-state index is 5.18. The summed E-state index contributed by atoms with van der Waals surface area (Å²) in [5.41, 5.74) is 2.65. The summed E-state index contributed by atoms with van der Waals surface area (Å²) in [6.07, 6.45) is 3.83. The highest BCUT2D eigenvalue weighted by atomic mass is 16.5. The molecule has 5 nitrogen and oxygen atoms in total. The minimum absolute atomic E-state index is 0.615. The Morgan fingerprint density at radius 1 is 1.12 bits per heavy atom. The molecule has 3 rings (SSSR count). The van der Waals surface area contributed by atoms with Crippen molar-refractivity contribution < 1.29 is 4.74 Å². The number of hydrogen-bond donors (Lipinski definition) is 0. The lowest BCUT2D eigenvalue weighted by atomic mass is 10.1. The van der Waals surface area contributed by atoms with E-state index in [2.05, 4.69) is 57.0 Å². The van der Waals surface area contributed by atoms with Crippen LogP contribution in [-0.4, -0.2) is 54.7 Å². The Morgan fingerprint density at radius 3 is 2.58 bits per heavy atom. The first kappa shape index (κ1) is 16.5. The van der Waals surface area contributed by atoms with Crippen LogP contribution in [-0.2, 0) is 0 Å². The third kappa shape index (κ3) is 4.32. The molecular formula is C19H24N4O. The van der Waals surface area contributed by atoms with Crippen LogP contribution in [0, 0.1) is 0 Å². The van der Waals surface area contributed by atoms with Gasteiger partial charge in [-0.15, -0.1) is 0 Å². The zero-order valence-corrected chi connectivity index (χ0v) is 14.4. The summed E-state index contributed by atoms with van der Waals surface area (Å²) in [4.78, 5) is 13.2. The summed E-state index contributed by atoms with van der Waals surface area (Å²) in [5.74, 6) is 1.56. The minimum atomic E-state index is 0.615. The monoisotopic (exact) mass is 324 g/mol. The van der Waals surface area contributed by atoms with Gasteiger partial charge in [0.1, 0.15) is 12.1 Å². The lowest BCUT2D eigenvalue weighted by molar-refractivity contribution is 0.278. The van der Waals surface area contributed by atoms with Crippen LogP contribution in [0.1, 0.15) is 12.5 Å². The van der Waals surface area contributed by atoms with Crippen LogP contribution >= 0.6 is 0 Å². The fraction of sp³-hybridized carbons (Fsp3) is 0.368. The molecule has 0 spiro atoms. The molecule has 1 fully saturated rings. The molecule has 1 aromatic heterocycles. The second-order valence-electron chi connectivity index (χ2n) is 6.08. The summed E-state index contributed by atoms with van der Waals surface area (Å²) in [7, 11) is 1.63. The summed E-state index contributed by atoms with van der Waals surface area (Å²) in [6.45, 7) is 7.22. The molecule has 0 bridgehead atoms. The Morgan fingerprint density at radius 2 is 1.88 bits per heavy atom. The van der Waals surface area contributed by atoms with Gasteiger partial charge in [-0.05, 0) is 12.5 Å². The molecule has 5 heteroatoms. The van der Waals surface area contributed by atoms with Gasteiger partial charge in [-0.1, -0.05) is 42.0 Å². The van der Waals surface area contributed by atoms with E-state index in [9.17, 15) is 0 Å². The van der Waals surface area contributed by atoms with Crippen molar-refractivity contribution in [3.8, 4) is 5.88 Å².